The van der Waals surface area contributed by atoms with Gasteiger partial charge in [-0.05, 0) is 0 Å². The number of rotatable bonds is 2. The van der Waals surface area contributed by atoms with E-state index in [-0.39, 0.29) is 33.8 Å². The summed E-state index contributed by atoms with van der Waals surface area (Å²) >= 11 is 0.0885. The number of hydrogen-bond donors (Lipinski definition) is 1. The van der Waals surface area contributed by atoms with Crippen LogP contribution in [0.15, 0.2) is 0 Å². The molecule has 2 nitrogen and oxygen atoms in total. The second-order valence-electron chi connectivity index (χ2n) is 1.44. The van der Waals surface area contributed by atoms with Crippen LogP contribution in [0.5, 0.6) is 0 Å². The first-order valence-electron chi connectivity index (χ1n) is 2.80. The van der Waals surface area contributed by atoms with Crippen molar-refractivity contribution in [3.8, 4) is 0 Å². The van der Waals surface area contributed by atoms with Gasteiger partial charge in [0.1, 0.15) is 0 Å². The third kappa shape index (κ3) is 26.5. The molecule has 0 heterocycles. The molecule has 0 saturated carbocycles. The van der Waals surface area contributed by atoms with E-state index < -0.39 is 8.69 Å². The summed E-state index contributed by atoms with van der Waals surface area (Å²) < 4.78 is 12.4. The van der Waals surface area contributed by atoms with Crippen molar-refractivity contribution >= 4 is 42.5 Å². The minimum absolute atomic E-state index is 0.0885. The maximum Gasteiger partial charge on any atom is 0.324 e. The van der Waals surface area contributed by atoms with Gasteiger partial charge in [-0.15, -0.1) is 0 Å². The molecule has 1 N–H and O–H groups in total. The molecule has 0 unspecified atom stereocenters. The summed E-state index contributed by atoms with van der Waals surface area (Å²) in [7, 11) is -0.833. The normalized spacial score (nSPS) is 6.88. The Morgan fingerprint density at radius 3 is 2.12 bits per heavy atom. The predicted octanol–water partition coefficient (Wildman–Crippen LogP) is 1.75. The van der Waals surface area contributed by atoms with Crippen LogP contribution < -0.4 is 0 Å². The Hall–Kier alpha value is 1.32. The van der Waals surface area contributed by atoms with Gasteiger partial charge in [0.2, 0.25) is 0 Å². The van der Waals surface area contributed by atoms with Crippen molar-refractivity contribution < 1.29 is 9.46 Å². The van der Waals surface area contributed by atoms with E-state index in [1.165, 1.54) is 6.42 Å². The summed E-state index contributed by atoms with van der Waals surface area (Å²) in [4.78, 5) is 6.99. The van der Waals surface area contributed by atoms with Crippen molar-refractivity contribution in [1.82, 2.24) is 0 Å². The van der Waals surface area contributed by atoms with Gasteiger partial charge in [-0.3, -0.25) is 0 Å². The van der Waals surface area contributed by atoms with Crippen molar-refractivity contribution in [3.63, 3.8) is 0 Å². The zero-order valence-corrected chi connectivity index (χ0v) is 8.53. The number of hydrogen-bond acceptors (Lipinski definition) is 1. The minimum Gasteiger partial charge on any atom is -0.310 e. The van der Waals surface area contributed by atoms with Gasteiger partial charge < -0.3 is 4.89 Å². The zero-order valence-electron chi connectivity index (χ0n) is 5.42. The van der Waals surface area contributed by atoms with Gasteiger partial charge >= 0.3 is 61.4 Å². The molecule has 0 aliphatic carbocycles. The van der Waals surface area contributed by atoms with E-state index in [1.807, 2.05) is 0 Å². The van der Waals surface area contributed by atoms with Gasteiger partial charge in [-0.25, -0.2) is 4.57 Å². The van der Waals surface area contributed by atoms with E-state index in [0.717, 1.165) is 0 Å². The molecule has 46 valence electrons. The second kappa shape index (κ2) is 15.8. The average Bonchev–Trinajstić information content (AvgIpc) is 1.71. The van der Waals surface area contributed by atoms with Gasteiger partial charge in [0.25, 0.3) is 0 Å². The van der Waals surface area contributed by atoms with Crippen molar-refractivity contribution in [2.45, 2.75) is 18.9 Å². The van der Waals surface area contributed by atoms with Gasteiger partial charge in [0.15, 0.2) is 0 Å². The van der Waals surface area contributed by atoms with Crippen molar-refractivity contribution in [1.29, 1.82) is 0 Å². The molecule has 0 bridgehead atoms. The maximum absolute atomic E-state index is 8.46. The molecule has 0 fully saturated rings. The third-order valence-electron chi connectivity index (χ3n) is 0.707. The Morgan fingerprint density at radius 2 is 2.12 bits per heavy atom. The second-order valence-corrected chi connectivity index (χ2v) is 4.26. The maximum atomic E-state index is 8.46. The molecule has 0 aromatic heterocycles. The largest absolute Gasteiger partial charge is 0.324 e. The Bertz CT molecular complexity index is 41.0. The molecule has 0 atom stereocenters. The standard InChI is InChI=1S/C3H7.CH3.Ca.HO2P/c1-3-2;;;1-3-2/h1,3H2,2H3;1H3;;(H,1,2). The monoisotopic (exact) mass is 162 g/mol. The fraction of sp³-hybridized carbons (Fsp3) is 1.00. The average molecular weight is 162 g/mol. The van der Waals surface area contributed by atoms with Crippen LogP contribution >= 0.6 is 8.69 Å². The molecule has 0 aliphatic heterocycles. The molecule has 0 aliphatic rings. The first kappa shape index (κ1) is 12.0. The molecular formula is C4H11CaO2P. The van der Waals surface area contributed by atoms with Crippen LogP contribution in [-0.2, 0) is 4.57 Å². The van der Waals surface area contributed by atoms with E-state index in [2.05, 4.69) is 9.94 Å². The molecule has 0 amide bonds. The van der Waals surface area contributed by atoms with E-state index >= 15 is 0 Å². The van der Waals surface area contributed by atoms with Gasteiger partial charge in [0.05, 0.1) is 0 Å². The molecule has 0 radical (unpaired) electrons. The van der Waals surface area contributed by atoms with Crippen LogP contribution in [0, 0.1) is 0 Å². The Labute approximate surface area is 70.3 Å². The van der Waals surface area contributed by atoms with Gasteiger partial charge in [0, 0.05) is 0 Å². The molecule has 8 heavy (non-hydrogen) atoms. The first-order chi connectivity index (χ1) is 3.83. The molecule has 0 aromatic carbocycles. The van der Waals surface area contributed by atoms with E-state index in [0.29, 0.717) is 0 Å². The van der Waals surface area contributed by atoms with Crippen LogP contribution in [-0.4, -0.2) is 38.7 Å². The first-order valence-corrected chi connectivity index (χ1v) is 7.33. The molecule has 0 rings (SSSR count). The van der Waals surface area contributed by atoms with Gasteiger partial charge in [-0.1, -0.05) is 0 Å². The molecule has 0 spiro atoms. The van der Waals surface area contributed by atoms with Crippen LogP contribution in [0.4, 0.5) is 0 Å². The summed E-state index contributed by atoms with van der Waals surface area (Å²) in [6.45, 7) is 2.26. The third-order valence-corrected chi connectivity index (χ3v) is 2.92. The summed E-state index contributed by atoms with van der Waals surface area (Å²) in [6, 6.07) is 0. The predicted molar refractivity (Wildman–Crippen MR) is 36.5 cm³/mol. The van der Waals surface area contributed by atoms with Crippen molar-refractivity contribution in [3.05, 3.63) is 0 Å². The van der Waals surface area contributed by atoms with Gasteiger partial charge in [-0.2, -0.15) is 0 Å². The topological polar surface area (TPSA) is 37.3 Å². The zero-order chi connectivity index (χ0) is 6.83. The van der Waals surface area contributed by atoms with Crippen LogP contribution in [0.1, 0.15) is 13.3 Å². The van der Waals surface area contributed by atoms with Crippen LogP contribution in [0.3, 0.4) is 0 Å². The fourth-order valence-corrected chi connectivity index (χ4v) is 1.46. The van der Waals surface area contributed by atoms with E-state index in [9.17, 15) is 0 Å². The summed E-state index contributed by atoms with van der Waals surface area (Å²) in [5.74, 6) is 0. The van der Waals surface area contributed by atoms with E-state index in [4.69, 9.17) is 9.46 Å². The summed E-state index contributed by atoms with van der Waals surface area (Å²) in [6.07, 6.45) is 1.43. The molecule has 4 heteroatoms. The SMILES string of the molecule is CC[CH2][Ca][CH3].O=PO. The Balaban J connectivity index is 0. The van der Waals surface area contributed by atoms with E-state index in [1.54, 1.807) is 2.52 Å². The quantitative estimate of drug-likeness (QED) is 0.496. The smallest absolute Gasteiger partial charge is 0.310 e. The molecular weight excluding hydrogens is 151 g/mol. The van der Waals surface area contributed by atoms with Crippen molar-refractivity contribution in [2.75, 3.05) is 0 Å². The van der Waals surface area contributed by atoms with Crippen LogP contribution in [0.25, 0.3) is 0 Å². The fourth-order valence-electron chi connectivity index (χ4n) is 0.354. The minimum atomic E-state index is -0.833. The van der Waals surface area contributed by atoms with Crippen LogP contribution in [0.2, 0.25) is 5.54 Å². The van der Waals surface area contributed by atoms with Crippen molar-refractivity contribution in [2.24, 2.45) is 0 Å². The Kier molecular flexibility index (Phi) is 23.7. The molecule has 0 aromatic rings. The summed E-state index contributed by atoms with van der Waals surface area (Å²) in [5, 5.41) is 0. The Morgan fingerprint density at radius 1 is 1.75 bits per heavy atom. The molecule has 0 saturated heterocycles. The summed E-state index contributed by atoms with van der Waals surface area (Å²) in [5.41, 5.74) is 0.